The number of hydrogen-bond acceptors (Lipinski definition) is 5. The van der Waals surface area contributed by atoms with Crippen LogP contribution >= 0.6 is 0 Å². The number of rotatable bonds is 11. The fraction of sp³-hybridized carbons (Fsp3) is 0.375. The zero-order valence-corrected chi connectivity index (χ0v) is 25.0. The number of nitrogens with one attached hydrogen (secondary N) is 1. The van der Waals surface area contributed by atoms with Crippen LogP contribution in [-0.4, -0.2) is 50.9 Å². The summed E-state index contributed by atoms with van der Waals surface area (Å²) < 4.78 is 34.4. The second-order valence-corrected chi connectivity index (χ2v) is 12.6. The highest BCUT2D eigenvalue weighted by Gasteiger charge is 2.33. The minimum Gasteiger partial charge on any atom is -0.497 e. The Balaban J connectivity index is 1.69. The summed E-state index contributed by atoms with van der Waals surface area (Å²) in [4.78, 5) is 28.9. The lowest BCUT2D eigenvalue weighted by Crippen LogP contribution is -2.52. The topological polar surface area (TPSA) is 96.0 Å². The number of amides is 2. The Labute approximate surface area is 243 Å². The molecule has 1 aliphatic rings. The maximum absolute atomic E-state index is 14.1. The van der Waals surface area contributed by atoms with Crippen molar-refractivity contribution in [2.24, 2.45) is 0 Å². The van der Waals surface area contributed by atoms with E-state index >= 15 is 0 Å². The summed E-state index contributed by atoms with van der Waals surface area (Å²) in [6.07, 6.45) is 3.97. The first kappa shape index (κ1) is 30.1. The lowest BCUT2D eigenvalue weighted by Gasteiger charge is -2.32. The van der Waals surface area contributed by atoms with Crippen LogP contribution in [0.5, 0.6) is 5.75 Å². The van der Waals surface area contributed by atoms with E-state index in [1.54, 1.807) is 43.3 Å². The molecule has 1 atom stereocenters. The first-order valence-electron chi connectivity index (χ1n) is 14.0. The molecule has 1 saturated carbocycles. The van der Waals surface area contributed by atoms with Gasteiger partial charge in [-0.05, 0) is 63.4 Å². The van der Waals surface area contributed by atoms with Crippen molar-refractivity contribution < 1.29 is 22.7 Å². The number of carbonyl (C=O) groups is 2. The SMILES string of the molecule is COc1cccc(N(CC(=O)N(Cc2ccc(C)cc2)[C@H](C)C(=O)NC2CCCC2)S(=O)(=O)c2ccc(C)cc2)c1. The molecule has 3 aromatic rings. The fourth-order valence-electron chi connectivity index (χ4n) is 5.00. The molecule has 218 valence electrons. The predicted molar refractivity (Wildman–Crippen MR) is 160 cm³/mol. The van der Waals surface area contributed by atoms with Gasteiger partial charge in [0.05, 0.1) is 17.7 Å². The average molecular weight is 578 g/mol. The minimum absolute atomic E-state index is 0.0656. The van der Waals surface area contributed by atoms with Gasteiger partial charge in [-0.15, -0.1) is 0 Å². The monoisotopic (exact) mass is 577 g/mol. The van der Waals surface area contributed by atoms with Crippen LogP contribution in [0.4, 0.5) is 5.69 Å². The zero-order chi connectivity index (χ0) is 29.6. The third-order valence-electron chi connectivity index (χ3n) is 7.57. The van der Waals surface area contributed by atoms with Crippen LogP contribution in [-0.2, 0) is 26.2 Å². The van der Waals surface area contributed by atoms with Crippen molar-refractivity contribution in [2.45, 2.75) is 70.0 Å². The molecule has 1 N–H and O–H groups in total. The molecular weight excluding hydrogens is 538 g/mol. The van der Waals surface area contributed by atoms with Crippen molar-refractivity contribution in [2.75, 3.05) is 18.0 Å². The molecule has 0 saturated heterocycles. The molecule has 3 aromatic carbocycles. The van der Waals surface area contributed by atoms with Crippen molar-refractivity contribution in [3.8, 4) is 5.75 Å². The van der Waals surface area contributed by atoms with E-state index in [2.05, 4.69) is 5.32 Å². The van der Waals surface area contributed by atoms with Crippen LogP contribution in [0.15, 0.2) is 77.7 Å². The highest BCUT2D eigenvalue weighted by Crippen LogP contribution is 2.28. The van der Waals surface area contributed by atoms with Crippen LogP contribution in [0.1, 0.15) is 49.3 Å². The van der Waals surface area contributed by atoms with Gasteiger partial charge in [-0.3, -0.25) is 13.9 Å². The second-order valence-electron chi connectivity index (χ2n) is 10.7. The van der Waals surface area contributed by atoms with E-state index in [1.807, 2.05) is 38.1 Å². The van der Waals surface area contributed by atoms with E-state index < -0.39 is 28.5 Å². The highest BCUT2D eigenvalue weighted by atomic mass is 32.2. The normalized spacial score (nSPS) is 14.3. The number of nitrogens with zero attached hydrogens (tertiary/aromatic N) is 2. The Morgan fingerprint density at radius 3 is 2.17 bits per heavy atom. The molecule has 0 radical (unpaired) electrons. The van der Waals surface area contributed by atoms with Gasteiger partial charge in [0.1, 0.15) is 18.3 Å². The van der Waals surface area contributed by atoms with Gasteiger partial charge in [0.15, 0.2) is 0 Å². The molecule has 41 heavy (non-hydrogen) atoms. The Morgan fingerprint density at radius 2 is 1.56 bits per heavy atom. The third kappa shape index (κ3) is 7.47. The van der Waals surface area contributed by atoms with Crippen LogP contribution in [0.2, 0.25) is 0 Å². The number of anilines is 1. The summed E-state index contributed by atoms with van der Waals surface area (Å²) in [7, 11) is -2.64. The van der Waals surface area contributed by atoms with Crippen LogP contribution in [0.25, 0.3) is 0 Å². The quantitative estimate of drug-likeness (QED) is 0.347. The largest absolute Gasteiger partial charge is 0.497 e. The van der Waals surface area contributed by atoms with E-state index in [0.29, 0.717) is 5.75 Å². The second kappa shape index (κ2) is 13.2. The van der Waals surface area contributed by atoms with Gasteiger partial charge in [-0.1, -0.05) is 66.4 Å². The van der Waals surface area contributed by atoms with Gasteiger partial charge in [0, 0.05) is 18.7 Å². The molecule has 2 amide bonds. The van der Waals surface area contributed by atoms with E-state index in [-0.39, 0.29) is 29.1 Å². The molecule has 1 aliphatic carbocycles. The standard InChI is InChI=1S/C32H39N3O5S/c1-23-12-16-26(17-13-23)21-34(25(3)32(37)33-27-8-5-6-9-27)31(36)22-35(28-10-7-11-29(20-28)40-4)41(38,39)30-18-14-24(2)15-19-30/h7,10-20,25,27H,5-6,8-9,21-22H2,1-4H3,(H,33,37)/t25-/m1/s1. The molecule has 0 unspecified atom stereocenters. The Kier molecular flexibility index (Phi) is 9.70. The number of carbonyl (C=O) groups excluding carboxylic acids is 2. The number of sulfonamides is 1. The van der Waals surface area contributed by atoms with E-state index in [4.69, 9.17) is 4.74 Å². The van der Waals surface area contributed by atoms with Crippen molar-refractivity contribution in [1.82, 2.24) is 10.2 Å². The molecule has 0 bridgehead atoms. The van der Waals surface area contributed by atoms with Gasteiger partial charge in [-0.2, -0.15) is 0 Å². The lowest BCUT2D eigenvalue weighted by molar-refractivity contribution is -0.139. The van der Waals surface area contributed by atoms with Crippen molar-refractivity contribution in [3.05, 3.63) is 89.5 Å². The number of methoxy groups -OCH3 is 1. The summed E-state index contributed by atoms with van der Waals surface area (Å²) in [6.45, 7) is 5.22. The fourth-order valence-corrected chi connectivity index (χ4v) is 6.40. The molecule has 9 heteroatoms. The van der Waals surface area contributed by atoms with Crippen LogP contribution < -0.4 is 14.4 Å². The van der Waals surface area contributed by atoms with Gasteiger partial charge >= 0.3 is 0 Å². The molecule has 0 heterocycles. The first-order chi connectivity index (χ1) is 19.6. The van der Waals surface area contributed by atoms with Gasteiger partial charge in [0.2, 0.25) is 11.8 Å². The smallest absolute Gasteiger partial charge is 0.264 e. The Bertz CT molecular complexity index is 1450. The van der Waals surface area contributed by atoms with Crippen molar-refractivity contribution in [1.29, 1.82) is 0 Å². The summed E-state index contributed by atoms with van der Waals surface area (Å²) >= 11 is 0. The van der Waals surface area contributed by atoms with Gasteiger partial charge < -0.3 is 15.0 Å². The lowest BCUT2D eigenvalue weighted by atomic mass is 10.1. The van der Waals surface area contributed by atoms with E-state index in [1.165, 1.54) is 24.1 Å². The maximum atomic E-state index is 14.1. The molecule has 4 rings (SSSR count). The predicted octanol–water partition coefficient (Wildman–Crippen LogP) is 4.98. The summed E-state index contributed by atoms with van der Waals surface area (Å²) in [5.74, 6) is -0.273. The molecule has 0 spiro atoms. The number of ether oxygens (including phenoxy) is 1. The molecule has 1 fully saturated rings. The first-order valence-corrected chi connectivity index (χ1v) is 15.4. The van der Waals surface area contributed by atoms with Gasteiger partial charge in [0.25, 0.3) is 10.0 Å². The Hall–Kier alpha value is -3.85. The summed E-state index contributed by atoms with van der Waals surface area (Å²) in [5, 5.41) is 3.09. The third-order valence-corrected chi connectivity index (χ3v) is 9.36. The number of hydrogen-bond donors (Lipinski definition) is 1. The zero-order valence-electron chi connectivity index (χ0n) is 24.2. The highest BCUT2D eigenvalue weighted by molar-refractivity contribution is 7.92. The van der Waals surface area contributed by atoms with Crippen LogP contribution in [0, 0.1) is 13.8 Å². The molecular formula is C32H39N3O5S. The molecule has 8 nitrogen and oxygen atoms in total. The molecule has 0 aliphatic heterocycles. The van der Waals surface area contributed by atoms with Gasteiger partial charge in [-0.25, -0.2) is 8.42 Å². The molecule has 0 aromatic heterocycles. The summed E-state index contributed by atoms with van der Waals surface area (Å²) in [6, 6.07) is 20.1. The van der Waals surface area contributed by atoms with Crippen molar-refractivity contribution >= 4 is 27.5 Å². The number of aryl methyl sites for hydroxylation is 2. The van der Waals surface area contributed by atoms with E-state index in [0.717, 1.165) is 46.7 Å². The minimum atomic E-state index is -4.14. The summed E-state index contributed by atoms with van der Waals surface area (Å²) in [5.41, 5.74) is 3.13. The average Bonchev–Trinajstić information content (AvgIpc) is 3.48. The number of benzene rings is 3. The van der Waals surface area contributed by atoms with Crippen LogP contribution in [0.3, 0.4) is 0 Å². The Morgan fingerprint density at radius 1 is 0.951 bits per heavy atom. The maximum Gasteiger partial charge on any atom is 0.264 e. The van der Waals surface area contributed by atoms with E-state index in [9.17, 15) is 18.0 Å². The van der Waals surface area contributed by atoms with Crippen molar-refractivity contribution in [3.63, 3.8) is 0 Å².